The fourth-order valence-electron chi connectivity index (χ4n) is 3.74. The molecule has 1 aromatic carbocycles. The van der Waals surface area contributed by atoms with Crippen molar-refractivity contribution >= 4 is 33.4 Å². The van der Waals surface area contributed by atoms with Crippen molar-refractivity contribution in [3.63, 3.8) is 0 Å². The molecule has 1 aliphatic rings. The fraction of sp³-hybridized carbons (Fsp3) is 0.571. The number of ether oxygens (including phenoxy) is 1. The second-order valence-corrected chi connectivity index (χ2v) is 8.93. The van der Waals surface area contributed by atoms with Crippen LogP contribution in [0.4, 0.5) is 0 Å². The van der Waals surface area contributed by atoms with Gasteiger partial charge >= 0.3 is 5.97 Å². The van der Waals surface area contributed by atoms with E-state index in [0.717, 1.165) is 36.5 Å². The quantitative estimate of drug-likeness (QED) is 0.719. The Kier molecular flexibility index (Phi) is 7.02. The monoisotopic (exact) mass is 403 g/mol. The van der Waals surface area contributed by atoms with E-state index in [1.165, 1.54) is 11.8 Å². The maximum absolute atomic E-state index is 12.5. The zero-order valence-corrected chi connectivity index (χ0v) is 17.6. The van der Waals surface area contributed by atoms with Crippen molar-refractivity contribution in [3.8, 4) is 0 Å². The molecule has 1 aromatic heterocycles. The predicted molar refractivity (Wildman–Crippen MR) is 111 cm³/mol. The van der Waals surface area contributed by atoms with E-state index >= 15 is 0 Å². The topological polar surface area (TPSA) is 71.5 Å². The van der Waals surface area contributed by atoms with Gasteiger partial charge in [-0.25, -0.2) is 9.78 Å². The lowest BCUT2D eigenvalue weighted by Crippen LogP contribution is -2.48. The Balaban J connectivity index is 1.59. The number of esters is 1. The number of hydrogen-bond donors (Lipinski definition) is 1. The molecule has 1 aliphatic heterocycles. The second-order valence-electron chi connectivity index (χ2n) is 7.87. The van der Waals surface area contributed by atoms with E-state index in [1.54, 1.807) is 11.3 Å². The average Bonchev–Trinajstić information content (AvgIpc) is 3.11. The molecule has 2 aromatic rings. The zero-order valence-electron chi connectivity index (χ0n) is 16.8. The molecule has 1 amide bonds. The van der Waals surface area contributed by atoms with Crippen LogP contribution in [0.3, 0.4) is 0 Å². The van der Waals surface area contributed by atoms with Crippen LogP contribution in [-0.2, 0) is 14.3 Å². The van der Waals surface area contributed by atoms with Crippen molar-refractivity contribution in [1.29, 1.82) is 0 Å². The van der Waals surface area contributed by atoms with Crippen LogP contribution in [0, 0.1) is 5.92 Å². The van der Waals surface area contributed by atoms with Gasteiger partial charge in [0.2, 0.25) is 5.91 Å². The van der Waals surface area contributed by atoms with Gasteiger partial charge in [-0.05, 0) is 43.9 Å². The lowest BCUT2D eigenvalue weighted by Gasteiger charge is -2.31. The Bertz CT molecular complexity index is 787. The summed E-state index contributed by atoms with van der Waals surface area (Å²) in [6.07, 6.45) is 2.71. The molecule has 0 saturated carbocycles. The van der Waals surface area contributed by atoms with E-state index < -0.39 is 6.04 Å². The number of aromatic nitrogens is 1. The minimum atomic E-state index is -0.581. The van der Waals surface area contributed by atoms with Crippen LogP contribution in [0.5, 0.6) is 0 Å². The van der Waals surface area contributed by atoms with Crippen molar-refractivity contribution in [2.45, 2.75) is 45.1 Å². The third kappa shape index (κ3) is 5.29. The second kappa shape index (κ2) is 9.47. The Labute approximate surface area is 170 Å². The molecule has 1 saturated heterocycles. The summed E-state index contributed by atoms with van der Waals surface area (Å²) in [5.41, 5.74) is 1.05. The van der Waals surface area contributed by atoms with Crippen molar-refractivity contribution < 1.29 is 14.3 Å². The summed E-state index contributed by atoms with van der Waals surface area (Å²) in [5, 5.41) is 4.01. The number of thiazole rings is 1. The summed E-state index contributed by atoms with van der Waals surface area (Å²) >= 11 is 1.75. The third-order valence-electron chi connectivity index (χ3n) is 5.06. The number of benzene rings is 1. The van der Waals surface area contributed by atoms with Crippen LogP contribution < -0.4 is 5.32 Å². The Hall–Kier alpha value is -1.99. The number of fused-ring (bicyclic) bond motifs is 1. The molecule has 28 heavy (non-hydrogen) atoms. The van der Waals surface area contributed by atoms with Crippen molar-refractivity contribution in [2.75, 3.05) is 26.7 Å². The number of para-hydroxylation sites is 1. The van der Waals surface area contributed by atoms with Gasteiger partial charge in [0.05, 0.1) is 28.9 Å². The van der Waals surface area contributed by atoms with Crippen molar-refractivity contribution in [2.24, 2.45) is 5.92 Å². The minimum absolute atomic E-state index is 0.124. The molecule has 0 unspecified atom stereocenters. The summed E-state index contributed by atoms with van der Waals surface area (Å²) in [6, 6.07) is 7.62. The van der Waals surface area contributed by atoms with Gasteiger partial charge < -0.3 is 10.1 Å². The number of hydrogen-bond acceptors (Lipinski definition) is 6. The first-order chi connectivity index (χ1) is 13.5. The molecular formula is C21H29N3O3S. The van der Waals surface area contributed by atoms with Crippen LogP contribution in [0.2, 0.25) is 0 Å². The van der Waals surface area contributed by atoms with Gasteiger partial charge in [-0.2, -0.15) is 0 Å². The van der Waals surface area contributed by atoms with Gasteiger partial charge in [0, 0.05) is 12.5 Å². The van der Waals surface area contributed by atoms with Crippen LogP contribution >= 0.6 is 11.3 Å². The van der Waals surface area contributed by atoms with Gasteiger partial charge in [0.25, 0.3) is 0 Å². The largest absolute Gasteiger partial charge is 0.467 e. The van der Waals surface area contributed by atoms with E-state index in [1.807, 2.05) is 32.0 Å². The molecule has 7 heteroatoms. The molecule has 0 bridgehead atoms. The van der Waals surface area contributed by atoms with Gasteiger partial charge in [-0.1, -0.05) is 26.0 Å². The van der Waals surface area contributed by atoms with Gasteiger partial charge in [-0.3, -0.25) is 9.69 Å². The number of likely N-dealkylation sites (tertiary alicyclic amines) is 1. The molecule has 0 radical (unpaired) electrons. The van der Waals surface area contributed by atoms with E-state index in [9.17, 15) is 9.59 Å². The first-order valence-electron chi connectivity index (χ1n) is 9.91. The summed E-state index contributed by atoms with van der Waals surface area (Å²) in [5.74, 6) is 0.142. The van der Waals surface area contributed by atoms with Crippen LogP contribution in [0.1, 0.15) is 44.0 Å². The normalized spacial score (nSPS) is 18.9. The van der Waals surface area contributed by atoms with Crippen molar-refractivity contribution in [1.82, 2.24) is 15.2 Å². The third-order valence-corrected chi connectivity index (χ3v) is 6.26. The van der Waals surface area contributed by atoms with Crippen LogP contribution in [0.25, 0.3) is 10.2 Å². The van der Waals surface area contributed by atoms with Crippen molar-refractivity contribution in [3.05, 3.63) is 29.3 Å². The van der Waals surface area contributed by atoms with Crippen LogP contribution in [0.15, 0.2) is 24.3 Å². The maximum atomic E-state index is 12.5. The summed E-state index contributed by atoms with van der Waals surface area (Å²) in [7, 11) is 1.36. The molecule has 2 atom stereocenters. The van der Waals surface area contributed by atoms with E-state index in [0.29, 0.717) is 24.8 Å². The number of methoxy groups -OCH3 is 1. The lowest BCUT2D eigenvalue weighted by atomic mass is 9.98. The first-order valence-corrected chi connectivity index (χ1v) is 10.7. The molecular weight excluding hydrogens is 374 g/mol. The average molecular weight is 404 g/mol. The van der Waals surface area contributed by atoms with E-state index in [2.05, 4.69) is 16.3 Å². The minimum Gasteiger partial charge on any atom is -0.467 e. The van der Waals surface area contributed by atoms with Gasteiger partial charge in [0.15, 0.2) is 0 Å². The Morgan fingerprint density at radius 1 is 1.36 bits per heavy atom. The number of nitrogens with zero attached hydrogens (tertiary/aromatic N) is 2. The van der Waals surface area contributed by atoms with Crippen LogP contribution in [-0.4, -0.2) is 54.5 Å². The molecule has 1 N–H and O–H groups in total. The summed E-state index contributed by atoms with van der Waals surface area (Å²) in [6.45, 7) is 6.06. The highest BCUT2D eigenvalue weighted by molar-refractivity contribution is 7.18. The number of carbonyl (C=O) groups excluding carboxylic acids is 2. The SMILES string of the molecule is COC(=O)[C@H](CC(C)C)NC(=O)CN1CCC[C@H](c2nc3ccccc3s2)C1. The number of rotatable bonds is 7. The lowest BCUT2D eigenvalue weighted by molar-refractivity contribution is -0.145. The first kappa shape index (κ1) is 20.7. The highest BCUT2D eigenvalue weighted by Gasteiger charge is 2.27. The number of carbonyl (C=O) groups is 2. The molecule has 6 nitrogen and oxygen atoms in total. The molecule has 0 aliphatic carbocycles. The summed E-state index contributed by atoms with van der Waals surface area (Å²) in [4.78, 5) is 31.4. The molecule has 3 rings (SSSR count). The molecule has 152 valence electrons. The highest BCUT2D eigenvalue weighted by Crippen LogP contribution is 2.32. The highest BCUT2D eigenvalue weighted by atomic mass is 32.1. The molecule has 2 heterocycles. The number of nitrogens with one attached hydrogen (secondary N) is 1. The van der Waals surface area contributed by atoms with E-state index in [4.69, 9.17) is 9.72 Å². The molecule has 0 spiro atoms. The Morgan fingerprint density at radius 2 is 2.14 bits per heavy atom. The summed E-state index contributed by atoms with van der Waals surface area (Å²) < 4.78 is 6.04. The maximum Gasteiger partial charge on any atom is 0.328 e. The number of amides is 1. The standard InChI is InChI=1S/C21H29N3O3S/c1-14(2)11-17(21(26)27-3)22-19(25)13-24-10-6-7-15(12-24)20-23-16-8-4-5-9-18(16)28-20/h4-5,8-9,14-15,17H,6-7,10-13H2,1-3H3,(H,22,25)/t15-,17-/m0/s1. The van der Waals surface area contributed by atoms with Gasteiger partial charge in [0.1, 0.15) is 6.04 Å². The zero-order chi connectivity index (χ0) is 20.1. The molecule has 1 fully saturated rings. The predicted octanol–water partition coefficient (Wildman–Crippen LogP) is 3.18. The van der Waals surface area contributed by atoms with E-state index in [-0.39, 0.29) is 11.9 Å². The van der Waals surface area contributed by atoms with Gasteiger partial charge in [-0.15, -0.1) is 11.3 Å². The number of piperidine rings is 1. The smallest absolute Gasteiger partial charge is 0.328 e. The Morgan fingerprint density at radius 3 is 2.86 bits per heavy atom. The fourth-order valence-corrected chi connectivity index (χ4v) is 4.83.